The zero-order valence-electron chi connectivity index (χ0n) is 16.9. The standard InChI is InChI=1S/C25H16Cl2N2O3/c1-31-22-10-8-14(26)12-19(22)24(30)28-15-9-11-23-21(13-15)29-25(32-23)18-6-2-5-17-16(18)4-3-7-20(17)27/h2-13H,1H3,(H,28,30). The number of carbonyl (C=O) groups is 1. The highest BCUT2D eigenvalue weighted by atomic mass is 35.5. The predicted octanol–water partition coefficient (Wildman–Crippen LogP) is 7.22. The maximum atomic E-state index is 12.8. The molecule has 5 aromatic rings. The maximum Gasteiger partial charge on any atom is 0.259 e. The highest BCUT2D eigenvalue weighted by molar-refractivity contribution is 6.35. The number of methoxy groups -OCH3 is 1. The molecular formula is C25H16Cl2N2O3. The number of aromatic nitrogens is 1. The van der Waals surface area contributed by atoms with Crippen molar-refractivity contribution in [3.63, 3.8) is 0 Å². The normalized spacial score (nSPS) is 11.1. The van der Waals surface area contributed by atoms with Gasteiger partial charge in [0.15, 0.2) is 5.58 Å². The van der Waals surface area contributed by atoms with E-state index in [1.165, 1.54) is 7.11 Å². The first-order valence-corrected chi connectivity index (χ1v) is 10.5. The van der Waals surface area contributed by atoms with Crippen LogP contribution in [0.25, 0.3) is 33.3 Å². The van der Waals surface area contributed by atoms with Gasteiger partial charge in [-0.25, -0.2) is 4.98 Å². The molecule has 1 amide bonds. The fraction of sp³-hybridized carbons (Fsp3) is 0.0400. The number of oxazole rings is 1. The molecule has 0 atom stereocenters. The fourth-order valence-corrected chi connectivity index (χ4v) is 4.04. The summed E-state index contributed by atoms with van der Waals surface area (Å²) < 4.78 is 11.3. The number of anilines is 1. The highest BCUT2D eigenvalue weighted by Gasteiger charge is 2.16. The molecule has 1 heterocycles. The zero-order chi connectivity index (χ0) is 22.2. The van der Waals surface area contributed by atoms with E-state index >= 15 is 0 Å². The van der Waals surface area contributed by atoms with Gasteiger partial charge >= 0.3 is 0 Å². The molecule has 7 heteroatoms. The van der Waals surface area contributed by atoms with E-state index in [9.17, 15) is 4.79 Å². The number of fused-ring (bicyclic) bond motifs is 2. The van der Waals surface area contributed by atoms with Crippen molar-refractivity contribution in [1.82, 2.24) is 4.98 Å². The Labute approximate surface area is 193 Å². The van der Waals surface area contributed by atoms with Gasteiger partial charge < -0.3 is 14.5 Å². The summed E-state index contributed by atoms with van der Waals surface area (Å²) in [5.41, 5.74) is 2.99. The molecule has 0 spiro atoms. The monoisotopic (exact) mass is 462 g/mol. The van der Waals surface area contributed by atoms with Crippen molar-refractivity contribution in [2.24, 2.45) is 0 Å². The molecule has 5 nitrogen and oxygen atoms in total. The average Bonchev–Trinajstić information content (AvgIpc) is 3.22. The van der Waals surface area contributed by atoms with Gasteiger partial charge in [-0.3, -0.25) is 4.79 Å². The smallest absolute Gasteiger partial charge is 0.259 e. The van der Waals surface area contributed by atoms with Gasteiger partial charge in [-0.1, -0.05) is 47.5 Å². The Morgan fingerprint density at radius 2 is 1.78 bits per heavy atom. The summed E-state index contributed by atoms with van der Waals surface area (Å²) in [4.78, 5) is 17.4. The van der Waals surface area contributed by atoms with Crippen LogP contribution in [0.15, 0.2) is 77.2 Å². The lowest BCUT2D eigenvalue weighted by molar-refractivity contribution is 0.102. The molecule has 4 aromatic carbocycles. The van der Waals surface area contributed by atoms with Crippen molar-refractivity contribution < 1.29 is 13.9 Å². The minimum atomic E-state index is -0.337. The summed E-state index contributed by atoms with van der Waals surface area (Å²) in [6, 6.07) is 21.7. The summed E-state index contributed by atoms with van der Waals surface area (Å²) >= 11 is 12.4. The van der Waals surface area contributed by atoms with Gasteiger partial charge in [0, 0.05) is 26.7 Å². The average molecular weight is 463 g/mol. The number of benzene rings is 4. The molecule has 5 rings (SSSR count). The van der Waals surface area contributed by atoms with Gasteiger partial charge in [-0.2, -0.15) is 0 Å². The van der Waals surface area contributed by atoms with E-state index in [0.29, 0.717) is 44.0 Å². The molecule has 0 bridgehead atoms. The predicted molar refractivity (Wildman–Crippen MR) is 128 cm³/mol. The SMILES string of the molecule is COc1ccc(Cl)cc1C(=O)Nc1ccc2oc(-c3cccc4c(Cl)cccc34)nc2c1. The van der Waals surface area contributed by atoms with Crippen molar-refractivity contribution in [2.45, 2.75) is 0 Å². The quantitative estimate of drug-likeness (QED) is 0.306. The number of nitrogens with one attached hydrogen (secondary N) is 1. The van der Waals surface area contributed by atoms with Gasteiger partial charge in [0.05, 0.1) is 12.7 Å². The number of hydrogen-bond acceptors (Lipinski definition) is 4. The molecule has 0 saturated carbocycles. The van der Waals surface area contributed by atoms with E-state index in [0.717, 1.165) is 16.3 Å². The molecule has 0 aliphatic carbocycles. The summed E-state index contributed by atoms with van der Waals surface area (Å²) in [5, 5.41) is 5.86. The van der Waals surface area contributed by atoms with Crippen LogP contribution in [-0.2, 0) is 0 Å². The second-order valence-electron chi connectivity index (χ2n) is 7.14. The number of nitrogens with zero attached hydrogens (tertiary/aromatic N) is 1. The third kappa shape index (κ3) is 3.66. The van der Waals surface area contributed by atoms with Gasteiger partial charge in [-0.05, 0) is 53.9 Å². The van der Waals surface area contributed by atoms with Crippen molar-refractivity contribution in [3.8, 4) is 17.2 Å². The van der Waals surface area contributed by atoms with Crippen molar-refractivity contribution >= 4 is 56.7 Å². The van der Waals surface area contributed by atoms with E-state index in [-0.39, 0.29) is 5.91 Å². The van der Waals surface area contributed by atoms with Gasteiger partial charge in [0.1, 0.15) is 11.3 Å². The van der Waals surface area contributed by atoms with E-state index in [4.69, 9.17) is 32.4 Å². The third-order valence-corrected chi connectivity index (χ3v) is 5.72. The molecule has 32 heavy (non-hydrogen) atoms. The number of rotatable bonds is 4. The number of amides is 1. The van der Waals surface area contributed by atoms with Gasteiger partial charge in [0.25, 0.3) is 5.91 Å². The lowest BCUT2D eigenvalue weighted by Crippen LogP contribution is -2.13. The van der Waals surface area contributed by atoms with Crippen LogP contribution in [0.4, 0.5) is 5.69 Å². The first kappa shape index (κ1) is 20.4. The molecule has 0 fully saturated rings. The highest BCUT2D eigenvalue weighted by Crippen LogP contribution is 2.34. The molecule has 0 unspecified atom stereocenters. The summed E-state index contributed by atoms with van der Waals surface area (Å²) in [7, 11) is 1.50. The first-order valence-electron chi connectivity index (χ1n) is 9.76. The topological polar surface area (TPSA) is 64.4 Å². The van der Waals surface area contributed by atoms with Crippen molar-refractivity contribution in [1.29, 1.82) is 0 Å². The lowest BCUT2D eigenvalue weighted by atomic mass is 10.0. The van der Waals surface area contributed by atoms with E-state index in [1.54, 1.807) is 36.4 Å². The molecular weight excluding hydrogens is 447 g/mol. The first-order chi connectivity index (χ1) is 15.5. The summed E-state index contributed by atoms with van der Waals surface area (Å²) in [6.45, 7) is 0. The lowest BCUT2D eigenvalue weighted by Gasteiger charge is -2.09. The Morgan fingerprint density at radius 3 is 2.62 bits per heavy atom. The van der Waals surface area contributed by atoms with Crippen LogP contribution in [0.5, 0.6) is 5.75 Å². The second-order valence-corrected chi connectivity index (χ2v) is 7.98. The van der Waals surface area contributed by atoms with Gasteiger partial charge in [-0.15, -0.1) is 0 Å². The number of carbonyl (C=O) groups excluding carboxylic acids is 1. The van der Waals surface area contributed by atoms with Crippen LogP contribution in [0, 0.1) is 0 Å². The third-order valence-electron chi connectivity index (χ3n) is 5.15. The van der Waals surface area contributed by atoms with Crippen LogP contribution < -0.4 is 10.1 Å². The molecule has 0 saturated heterocycles. The van der Waals surface area contributed by atoms with E-state index in [1.807, 2.05) is 36.4 Å². The summed E-state index contributed by atoms with van der Waals surface area (Å²) in [5.74, 6) is 0.579. The van der Waals surface area contributed by atoms with Crippen molar-refractivity contribution in [2.75, 3.05) is 12.4 Å². The minimum Gasteiger partial charge on any atom is -0.496 e. The Hall–Kier alpha value is -3.54. The number of hydrogen-bond donors (Lipinski definition) is 1. The Morgan fingerprint density at radius 1 is 0.969 bits per heavy atom. The van der Waals surface area contributed by atoms with Crippen LogP contribution in [0.2, 0.25) is 10.0 Å². The second kappa shape index (κ2) is 8.19. The van der Waals surface area contributed by atoms with Crippen molar-refractivity contribution in [3.05, 3.63) is 88.4 Å². The Balaban J connectivity index is 1.50. The number of halogens is 2. The zero-order valence-corrected chi connectivity index (χ0v) is 18.4. The van der Waals surface area contributed by atoms with Crippen LogP contribution in [0.1, 0.15) is 10.4 Å². The van der Waals surface area contributed by atoms with Gasteiger partial charge in [0.2, 0.25) is 5.89 Å². The minimum absolute atomic E-state index is 0.337. The molecule has 158 valence electrons. The van der Waals surface area contributed by atoms with E-state index < -0.39 is 0 Å². The number of ether oxygens (including phenoxy) is 1. The molecule has 0 aliphatic heterocycles. The molecule has 1 aromatic heterocycles. The van der Waals surface area contributed by atoms with Crippen LogP contribution in [0.3, 0.4) is 0 Å². The molecule has 0 aliphatic rings. The Kier molecular flexibility index (Phi) is 5.21. The molecule has 0 radical (unpaired) electrons. The maximum absolute atomic E-state index is 12.8. The molecule has 1 N–H and O–H groups in total. The summed E-state index contributed by atoms with van der Waals surface area (Å²) in [6.07, 6.45) is 0. The van der Waals surface area contributed by atoms with Crippen LogP contribution >= 0.6 is 23.2 Å². The fourth-order valence-electron chi connectivity index (χ4n) is 3.63. The van der Waals surface area contributed by atoms with E-state index in [2.05, 4.69) is 10.3 Å². The Bertz CT molecular complexity index is 1490. The van der Waals surface area contributed by atoms with Crippen LogP contribution in [-0.4, -0.2) is 18.0 Å². The largest absolute Gasteiger partial charge is 0.496 e.